The molecule has 8 heteroatoms. The Hall–Kier alpha value is -2.96. The number of benzene rings is 3. The molecule has 0 spiro atoms. The first-order chi connectivity index (χ1) is 15.5. The molecule has 0 aliphatic rings. The molecule has 32 heavy (non-hydrogen) atoms. The Balaban J connectivity index is 1.32. The number of aliphatic hydroxyl groups is 1. The zero-order valence-corrected chi connectivity index (χ0v) is 18.4. The van der Waals surface area contributed by atoms with Gasteiger partial charge in [0.05, 0.1) is 0 Å². The van der Waals surface area contributed by atoms with E-state index >= 15 is 0 Å². The fourth-order valence-corrected chi connectivity index (χ4v) is 3.34. The van der Waals surface area contributed by atoms with Crippen LogP contribution in [0.1, 0.15) is 11.1 Å². The van der Waals surface area contributed by atoms with Gasteiger partial charge in [-0.3, -0.25) is 0 Å². The van der Waals surface area contributed by atoms with Crippen molar-refractivity contribution in [3.63, 3.8) is 0 Å². The minimum atomic E-state index is -2.31. The second kappa shape index (κ2) is 12.2. The van der Waals surface area contributed by atoms with Crippen LogP contribution in [-0.2, 0) is 17.6 Å². The highest BCUT2D eigenvalue weighted by Crippen LogP contribution is 2.17. The van der Waals surface area contributed by atoms with E-state index in [4.69, 9.17) is 14.4 Å². The lowest BCUT2D eigenvalue weighted by Crippen LogP contribution is -2.32. The summed E-state index contributed by atoms with van der Waals surface area (Å²) in [4.78, 5) is 9.08. The molecule has 0 amide bonds. The van der Waals surface area contributed by atoms with Gasteiger partial charge < -0.3 is 25.0 Å². The Bertz CT molecular complexity index is 977. The second-order valence-electron chi connectivity index (χ2n) is 7.28. The first kappa shape index (κ1) is 23.7. The van der Waals surface area contributed by atoms with Gasteiger partial charge in [-0.25, -0.2) is 0 Å². The van der Waals surface area contributed by atoms with Crippen LogP contribution >= 0.6 is 8.03 Å². The van der Waals surface area contributed by atoms with Crippen molar-refractivity contribution < 1.29 is 29.1 Å². The third kappa shape index (κ3) is 7.94. The largest absolute Gasteiger partial charge is 0.546 e. The Kier molecular flexibility index (Phi) is 9.01. The molecule has 0 aliphatic carbocycles. The fourth-order valence-electron chi connectivity index (χ4n) is 2.93. The van der Waals surface area contributed by atoms with Crippen LogP contribution < -0.4 is 20.1 Å². The minimum absolute atomic E-state index is 0.172. The number of aromatic hydroxyl groups is 1. The van der Waals surface area contributed by atoms with E-state index in [0.29, 0.717) is 24.2 Å². The van der Waals surface area contributed by atoms with Gasteiger partial charge in [0, 0.05) is 6.54 Å². The molecule has 0 aliphatic heterocycles. The van der Waals surface area contributed by atoms with E-state index in [1.807, 2.05) is 24.3 Å². The third-order valence-electron chi connectivity index (χ3n) is 4.74. The molecule has 0 aromatic heterocycles. The summed E-state index contributed by atoms with van der Waals surface area (Å²) in [6.07, 6.45) is 0.179. The van der Waals surface area contributed by atoms with E-state index < -0.39 is 14.1 Å². The van der Waals surface area contributed by atoms with Crippen LogP contribution in [0.2, 0.25) is 0 Å². The highest BCUT2D eigenvalue weighted by Gasteiger charge is 2.14. The van der Waals surface area contributed by atoms with Gasteiger partial charge in [0.25, 0.3) is 0 Å². The van der Waals surface area contributed by atoms with Crippen LogP contribution in [-0.4, -0.2) is 40.9 Å². The summed E-state index contributed by atoms with van der Waals surface area (Å²) in [7, 11) is -2.31. The Labute approximate surface area is 188 Å². The summed E-state index contributed by atoms with van der Waals surface area (Å²) in [5.74, 6) is 1.52. The molecule has 2 atom stereocenters. The van der Waals surface area contributed by atoms with Gasteiger partial charge in [-0.1, -0.05) is 24.3 Å². The second-order valence-corrected chi connectivity index (χ2v) is 8.35. The van der Waals surface area contributed by atoms with E-state index in [0.717, 1.165) is 29.8 Å². The molecule has 3 aromatic rings. The molecule has 0 saturated heterocycles. The fraction of sp³-hybridized carbons (Fsp3) is 0.250. The first-order valence-electron chi connectivity index (χ1n) is 10.3. The van der Waals surface area contributed by atoms with E-state index in [9.17, 15) is 14.8 Å². The van der Waals surface area contributed by atoms with Crippen molar-refractivity contribution in [3.8, 4) is 17.2 Å². The van der Waals surface area contributed by atoms with Crippen molar-refractivity contribution in [3.05, 3.63) is 83.9 Å². The van der Waals surface area contributed by atoms with Crippen molar-refractivity contribution in [2.24, 2.45) is 0 Å². The maximum Gasteiger partial charge on any atom is 0.546 e. The molecule has 0 heterocycles. The zero-order valence-electron chi connectivity index (χ0n) is 17.6. The molecule has 4 N–H and O–H groups in total. The van der Waals surface area contributed by atoms with Crippen LogP contribution in [0.15, 0.2) is 72.8 Å². The standard InChI is InChI=1S/C24H26NO6P/c26-20-5-9-23(10-6-20)31-17-21(27)15-25-14-13-18-1-7-22(8-2-18)30-16-19-3-11-24(12-4-19)32(28)29/h1-12,21,25,27H,13-17H2,(H-,26,28,29)/p+1. The smallest absolute Gasteiger partial charge is 0.508 e. The maximum atomic E-state index is 11.0. The zero-order chi connectivity index (χ0) is 22.8. The molecule has 0 fully saturated rings. The average molecular weight is 456 g/mol. The van der Waals surface area contributed by atoms with Gasteiger partial charge >= 0.3 is 8.03 Å². The lowest BCUT2D eigenvalue weighted by molar-refractivity contribution is 0.106. The topological polar surface area (TPSA) is 108 Å². The van der Waals surface area contributed by atoms with Crippen LogP contribution in [0.4, 0.5) is 0 Å². The highest BCUT2D eigenvalue weighted by atomic mass is 31.1. The summed E-state index contributed by atoms with van der Waals surface area (Å²) < 4.78 is 22.3. The van der Waals surface area contributed by atoms with E-state index in [1.54, 1.807) is 36.4 Å². The predicted molar refractivity (Wildman–Crippen MR) is 123 cm³/mol. The van der Waals surface area contributed by atoms with Crippen molar-refractivity contribution in [1.82, 2.24) is 5.32 Å². The Morgan fingerprint density at radius 3 is 2.09 bits per heavy atom. The Morgan fingerprint density at radius 2 is 1.44 bits per heavy atom. The van der Waals surface area contributed by atoms with Crippen molar-refractivity contribution >= 4 is 13.3 Å². The molecule has 3 aromatic carbocycles. The summed E-state index contributed by atoms with van der Waals surface area (Å²) in [5.41, 5.74) is 2.07. The van der Waals surface area contributed by atoms with Gasteiger partial charge in [0.15, 0.2) is 0 Å². The molecule has 0 bridgehead atoms. The molecule has 0 radical (unpaired) electrons. The quantitative estimate of drug-likeness (QED) is 0.245. The monoisotopic (exact) mass is 456 g/mol. The van der Waals surface area contributed by atoms with Gasteiger partial charge in [-0.05, 0) is 77.2 Å². The number of hydrogen-bond donors (Lipinski definition) is 4. The third-order valence-corrected chi connectivity index (χ3v) is 5.48. The van der Waals surface area contributed by atoms with Crippen LogP contribution in [0, 0.1) is 0 Å². The van der Waals surface area contributed by atoms with E-state index in [-0.39, 0.29) is 12.4 Å². The highest BCUT2D eigenvalue weighted by molar-refractivity contribution is 7.47. The van der Waals surface area contributed by atoms with E-state index in [1.165, 1.54) is 12.1 Å². The molecule has 7 nitrogen and oxygen atoms in total. The van der Waals surface area contributed by atoms with Crippen molar-refractivity contribution in [2.45, 2.75) is 19.1 Å². The molecular weight excluding hydrogens is 429 g/mol. The number of nitrogens with one attached hydrogen (secondary N) is 1. The SMILES string of the molecule is O=[P+](O)c1ccc(COc2ccc(CCNCC(O)COc3ccc(O)cc3)cc2)cc1. The van der Waals surface area contributed by atoms with Gasteiger partial charge in [-0.15, -0.1) is 0 Å². The summed E-state index contributed by atoms with van der Waals surface area (Å²) in [5, 5.41) is 22.9. The lowest BCUT2D eigenvalue weighted by Gasteiger charge is -2.13. The van der Waals surface area contributed by atoms with Crippen LogP contribution in [0.25, 0.3) is 0 Å². The number of aliphatic hydroxyl groups excluding tert-OH is 1. The number of phenols is 1. The minimum Gasteiger partial charge on any atom is -0.508 e. The number of phenolic OH excluding ortho intramolecular Hbond substituents is 1. The van der Waals surface area contributed by atoms with Crippen molar-refractivity contribution in [1.29, 1.82) is 0 Å². The van der Waals surface area contributed by atoms with Crippen LogP contribution in [0.3, 0.4) is 0 Å². The molecule has 0 saturated carbocycles. The summed E-state index contributed by atoms with van der Waals surface area (Å²) in [6.45, 7) is 1.69. The average Bonchev–Trinajstić information content (AvgIpc) is 2.81. The molecule has 2 unspecified atom stereocenters. The first-order valence-corrected chi connectivity index (χ1v) is 11.5. The summed E-state index contributed by atoms with van der Waals surface area (Å²) in [6, 6.07) is 21.0. The summed E-state index contributed by atoms with van der Waals surface area (Å²) >= 11 is 0. The van der Waals surface area contributed by atoms with Gasteiger partial charge in [0.1, 0.15) is 36.6 Å². The number of rotatable bonds is 12. The van der Waals surface area contributed by atoms with Crippen LogP contribution in [0.5, 0.6) is 17.2 Å². The predicted octanol–water partition coefficient (Wildman–Crippen LogP) is 2.90. The number of ether oxygens (including phenoxy) is 2. The molecular formula is C24H27NO6P+. The number of hydrogen-bond acceptors (Lipinski definition) is 6. The normalized spacial score (nSPS) is 12.2. The van der Waals surface area contributed by atoms with E-state index in [2.05, 4.69) is 5.32 Å². The molecule has 3 rings (SSSR count). The van der Waals surface area contributed by atoms with Crippen molar-refractivity contribution in [2.75, 3.05) is 19.7 Å². The van der Waals surface area contributed by atoms with Gasteiger partial charge in [0.2, 0.25) is 5.30 Å². The lowest BCUT2D eigenvalue weighted by atomic mass is 10.1. The molecule has 168 valence electrons. The van der Waals surface area contributed by atoms with Gasteiger partial charge in [-0.2, -0.15) is 4.89 Å². The maximum absolute atomic E-state index is 11.0. The Morgan fingerprint density at radius 1 is 0.844 bits per heavy atom.